The fraction of sp³-hybridized carbons (Fsp3) is 0.143. The molecule has 0 aliphatic rings. The predicted octanol–water partition coefficient (Wildman–Crippen LogP) is 1.08. The van der Waals surface area contributed by atoms with Gasteiger partial charge in [0.15, 0.2) is 0 Å². The van der Waals surface area contributed by atoms with Crippen molar-refractivity contribution in [3.05, 3.63) is 30.1 Å². The van der Waals surface area contributed by atoms with E-state index in [4.69, 9.17) is 10.9 Å². The molecule has 0 radical (unpaired) electrons. The molecule has 0 spiro atoms. The Morgan fingerprint density at radius 2 is 2.46 bits per heavy atom. The van der Waals surface area contributed by atoms with Crippen LogP contribution in [0.3, 0.4) is 0 Å². The smallest absolute Gasteiger partial charge is 0.381 e. The van der Waals surface area contributed by atoms with Crippen molar-refractivity contribution in [2.45, 2.75) is 6.54 Å². The van der Waals surface area contributed by atoms with Crippen molar-refractivity contribution in [1.82, 2.24) is 9.40 Å². The molecule has 0 aliphatic heterocycles. The number of nitrogens with zero attached hydrogens (tertiary/aromatic N) is 2. The van der Waals surface area contributed by atoms with E-state index >= 15 is 0 Å². The lowest BCUT2D eigenvalue weighted by molar-refractivity contribution is 0.221. The topological polar surface area (TPSA) is 79.5 Å². The quantitative estimate of drug-likeness (QED) is 0.431. The molecule has 0 fully saturated rings. The maximum atomic E-state index is 10.2. The number of hydrogen-bond acceptors (Lipinski definition) is 5. The highest BCUT2D eigenvalue weighted by Crippen LogP contribution is 2.08. The first-order valence-corrected chi connectivity index (χ1v) is 4.29. The lowest BCUT2D eigenvalue weighted by atomic mass is 10.4. The van der Waals surface area contributed by atoms with Crippen molar-refractivity contribution < 1.29 is 9.90 Å². The molecule has 0 saturated heterocycles. The van der Waals surface area contributed by atoms with Crippen LogP contribution in [-0.4, -0.2) is 19.8 Å². The van der Waals surface area contributed by atoms with E-state index in [9.17, 15) is 4.79 Å². The third-order valence-electron chi connectivity index (χ3n) is 1.24. The zero-order chi connectivity index (χ0) is 9.68. The lowest BCUT2D eigenvalue weighted by Crippen LogP contribution is -2.24. The van der Waals surface area contributed by atoms with Crippen LogP contribution in [0.4, 0.5) is 4.79 Å². The summed E-state index contributed by atoms with van der Waals surface area (Å²) in [5, 5.41) is 7.35. The van der Waals surface area contributed by atoms with E-state index in [1.807, 2.05) is 6.07 Å². The number of pyridine rings is 1. The number of nitrogens with two attached hydrogens (primary N) is 1. The Morgan fingerprint density at radius 3 is 3.00 bits per heavy atom. The van der Waals surface area contributed by atoms with Crippen molar-refractivity contribution in [3.63, 3.8) is 0 Å². The molecule has 13 heavy (non-hydrogen) atoms. The molecule has 1 heterocycles. The van der Waals surface area contributed by atoms with Crippen molar-refractivity contribution >= 4 is 17.2 Å². The lowest BCUT2D eigenvalue weighted by Gasteiger charge is -2.10. The SMILES string of the molecule is NN(Cc1ccccn1)SC(=O)O. The molecule has 0 saturated carbocycles. The van der Waals surface area contributed by atoms with Gasteiger partial charge in [0, 0.05) is 6.20 Å². The van der Waals surface area contributed by atoms with Crippen molar-refractivity contribution in [3.8, 4) is 0 Å². The maximum Gasteiger partial charge on any atom is 0.381 e. The van der Waals surface area contributed by atoms with Gasteiger partial charge in [-0.3, -0.25) is 10.8 Å². The Morgan fingerprint density at radius 1 is 1.69 bits per heavy atom. The van der Waals surface area contributed by atoms with E-state index in [-0.39, 0.29) is 0 Å². The number of carbonyl (C=O) groups is 1. The number of carboxylic acid groups (broad SMARTS) is 1. The van der Waals surface area contributed by atoms with Gasteiger partial charge in [-0.2, -0.15) is 4.41 Å². The van der Waals surface area contributed by atoms with Crippen LogP contribution in [0.15, 0.2) is 24.4 Å². The number of hydrogen-bond donors (Lipinski definition) is 2. The number of rotatable bonds is 3. The molecular weight excluding hydrogens is 190 g/mol. The van der Waals surface area contributed by atoms with E-state index in [2.05, 4.69) is 4.98 Å². The summed E-state index contributed by atoms with van der Waals surface area (Å²) < 4.78 is 1.12. The van der Waals surface area contributed by atoms with Crippen LogP contribution in [0.25, 0.3) is 0 Å². The molecule has 5 nitrogen and oxygen atoms in total. The molecule has 1 rings (SSSR count). The molecule has 0 aliphatic carbocycles. The van der Waals surface area contributed by atoms with Crippen molar-refractivity contribution in [2.24, 2.45) is 5.84 Å². The highest BCUT2D eigenvalue weighted by molar-refractivity contribution is 8.11. The molecule has 0 bridgehead atoms. The van der Waals surface area contributed by atoms with Crippen LogP contribution in [0, 0.1) is 0 Å². The third-order valence-corrected chi connectivity index (χ3v) is 1.76. The second-order valence-corrected chi connectivity index (χ2v) is 3.25. The van der Waals surface area contributed by atoms with Crippen LogP contribution < -0.4 is 5.84 Å². The monoisotopic (exact) mass is 199 g/mol. The summed E-state index contributed by atoms with van der Waals surface area (Å²) in [4.78, 5) is 14.2. The molecule has 1 aromatic heterocycles. The van der Waals surface area contributed by atoms with E-state index < -0.39 is 5.30 Å². The standard InChI is InChI=1S/C7H9N3O2S/c8-10(13-7(11)12)5-6-3-1-2-4-9-6/h1-4H,5,8H2,(H,11,12). The first-order chi connectivity index (χ1) is 6.18. The van der Waals surface area contributed by atoms with Crippen LogP contribution in [0.5, 0.6) is 0 Å². The second-order valence-electron chi connectivity index (χ2n) is 2.25. The summed E-state index contributed by atoms with van der Waals surface area (Å²) in [5.41, 5.74) is 0.735. The minimum Gasteiger partial charge on any atom is -0.472 e. The largest absolute Gasteiger partial charge is 0.472 e. The molecule has 70 valence electrons. The molecule has 6 heteroatoms. The van der Waals surface area contributed by atoms with E-state index in [1.165, 1.54) is 0 Å². The maximum absolute atomic E-state index is 10.2. The Bertz CT molecular complexity index is 280. The molecule has 3 N–H and O–H groups in total. The fourth-order valence-electron chi connectivity index (χ4n) is 0.784. The van der Waals surface area contributed by atoms with Gasteiger partial charge in [0.25, 0.3) is 0 Å². The van der Waals surface area contributed by atoms with Gasteiger partial charge in [-0.25, -0.2) is 4.79 Å². The predicted molar refractivity (Wildman–Crippen MR) is 49.6 cm³/mol. The fourth-order valence-corrected chi connectivity index (χ4v) is 1.18. The molecular formula is C7H9N3O2S. The molecule has 1 aromatic rings. The highest BCUT2D eigenvalue weighted by Gasteiger charge is 2.06. The molecule has 0 atom stereocenters. The van der Waals surface area contributed by atoms with Gasteiger partial charge in [0.05, 0.1) is 24.2 Å². The van der Waals surface area contributed by atoms with Crippen molar-refractivity contribution in [2.75, 3.05) is 0 Å². The van der Waals surface area contributed by atoms with Crippen LogP contribution in [0.1, 0.15) is 5.69 Å². The number of hydrazine groups is 1. The Labute approximate surface area is 79.7 Å². The Hall–Kier alpha value is -1.11. The summed E-state index contributed by atoms with van der Waals surface area (Å²) in [6.07, 6.45) is 1.63. The molecule has 0 amide bonds. The van der Waals surface area contributed by atoms with Gasteiger partial charge in [-0.1, -0.05) is 6.07 Å². The van der Waals surface area contributed by atoms with E-state index in [1.54, 1.807) is 18.3 Å². The van der Waals surface area contributed by atoms with Gasteiger partial charge in [0.1, 0.15) is 0 Å². The average molecular weight is 199 g/mol. The summed E-state index contributed by atoms with van der Waals surface area (Å²) in [7, 11) is 0. The van der Waals surface area contributed by atoms with Gasteiger partial charge in [-0.15, -0.1) is 0 Å². The first-order valence-electron chi connectivity index (χ1n) is 3.51. The average Bonchev–Trinajstić information content (AvgIpc) is 2.04. The molecule has 0 unspecified atom stereocenters. The summed E-state index contributed by atoms with van der Waals surface area (Å²) in [6, 6.07) is 5.39. The second kappa shape index (κ2) is 4.80. The molecule has 0 aromatic carbocycles. The normalized spacial score (nSPS) is 10.3. The van der Waals surface area contributed by atoms with E-state index in [0.29, 0.717) is 18.5 Å². The third kappa shape index (κ3) is 3.88. The summed E-state index contributed by atoms with van der Waals surface area (Å²) in [5.74, 6) is 5.38. The Balaban J connectivity index is 2.45. The highest BCUT2D eigenvalue weighted by atomic mass is 32.2. The first kappa shape index (κ1) is 9.97. The van der Waals surface area contributed by atoms with E-state index in [0.717, 1.165) is 10.1 Å². The zero-order valence-electron chi connectivity index (χ0n) is 6.75. The van der Waals surface area contributed by atoms with Crippen LogP contribution in [0.2, 0.25) is 0 Å². The van der Waals surface area contributed by atoms with Gasteiger partial charge < -0.3 is 5.11 Å². The van der Waals surface area contributed by atoms with Crippen molar-refractivity contribution in [1.29, 1.82) is 0 Å². The van der Waals surface area contributed by atoms with Crippen LogP contribution in [-0.2, 0) is 6.54 Å². The summed E-state index contributed by atoms with van der Waals surface area (Å²) in [6.45, 7) is 0.303. The van der Waals surface area contributed by atoms with Crippen LogP contribution >= 0.6 is 11.9 Å². The number of aromatic nitrogens is 1. The van der Waals surface area contributed by atoms with Gasteiger partial charge in [0.2, 0.25) is 0 Å². The zero-order valence-corrected chi connectivity index (χ0v) is 7.57. The minimum absolute atomic E-state index is 0.303. The van der Waals surface area contributed by atoms with Gasteiger partial charge in [-0.05, 0) is 12.1 Å². The van der Waals surface area contributed by atoms with Gasteiger partial charge >= 0.3 is 5.30 Å². The minimum atomic E-state index is -1.03. The Kier molecular flexibility index (Phi) is 3.69. The summed E-state index contributed by atoms with van der Waals surface area (Å²) >= 11 is 0.537.